The van der Waals surface area contributed by atoms with Crippen LogP contribution < -0.4 is 10.6 Å². The SMILES string of the molecule is CCNc1ccc(C)cc1C(=O)NCCc1ccc(Cl)s1. The predicted molar refractivity (Wildman–Crippen MR) is 90.7 cm³/mol. The van der Waals surface area contributed by atoms with Gasteiger partial charge in [0.1, 0.15) is 0 Å². The highest BCUT2D eigenvalue weighted by molar-refractivity contribution is 7.16. The van der Waals surface area contributed by atoms with Crippen LogP contribution >= 0.6 is 22.9 Å². The van der Waals surface area contributed by atoms with Crippen molar-refractivity contribution in [2.24, 2.45) is 0 Å². The molecule has 0 saturated heterocycles. The fourth-order valence-electron chi connectivity index (χ4n) is 2.07. The van der Waals surface area contributed by atoms with Crippen LogP contribution in [-0.4, -0.2) is 19.0 Å². The van der Waals surface area contributed by atoms with Gasteiger partial charge in [0.2, 0.25) is 0 Å². The third-order valence-corrected chi connectivity index (χ3v) is 4.36. The van der Waals surface area contributed by atoms with E-state index in [0.29, 0.717) is 12.1 Å². The van der Waals surface area contributed by atoms with Gasteiger partial charge in [-0.1, -0.05) is 23.2 Å². The van der Waals surface area contributed by atoms with Gasteiger partial charge in [-0.15, -0.1) is 11.3 Å². The van der Waals surface area contributed by atoms with Crippen LogP contribution in [0.3, 0.4) is 0 Å². The number of carbonyl (C=O) groups is 1. The first-order valence-electron chi connectivity index (χ1n) is 6.97. The second kappa shape index (κ2) is 7.48. The van der Waals surface area contributed by atoms with Crippen LogP contribution in [0.5, 0.6) is 0 Å². The van der Waals surface area contributed by atoms with Crippen molar-refractivity contribution in [1.29, 1.82) is 0 Å². The fourth-order valence-corrected chi connectivity index (χ4v) is 3.16. The summed E-state index contributed by atoms with van der Waals surface area (Å²) in [6.07, 6.45) is 0.797. The Morgan fingerprint density at radius 3 is 2.76 bits per heavy atom. The Morgan fingerprint density at radius 2 is 2.10 bits per heavy atom. The molecule has 21 heavy (non-hydrogen) atoms. The Labute approximate surface area is 134 Å². The van der Waals surface area contributed by atoms with Crippen molar-refractivity contribution in [3.8, 4) is 0 Å². The highest BCUT2D eigenvalue weighted by Crippen LogP contribution is 2.21. The van der Waals surface area contributed by atoms with E-state index in [2.05, 4.69) is 10.6 Å². The van der Waals surface area contributed by atoms with Gasteiger partial charge in [-0.25, -0.2) is 0 Å². The molecule has 1 amide bonds. The summed E-state index contributed by atoms with van der Waals surface area (Å²) < 4.78 is 0.782. The summed E-state index contributed by atoms with van der Waals surface area (Å²) in [5, 5.41) is 6.19. The van der Waals surface area contributed by atoms with Crippen molar-refractivity contribution in [2.45, 2.75) is 20.3 Å². The van der Waals surface area contributed by atoms with E-state index in [1.54, 1.807) is 11.3 Å². The largest absolute Gasteiger partial charge is 0.385 e. The molecule has 0 aliphatic heterocycles. The summed E-state index contributed by atoms with van der Waals surface area (Å²) in [5.41, 5.74) is 2.65. The van der Waals surface area contributed by atoms with Gasteiger partial charge in [0.15, 0.2) is 0 Å². The monoisotopic (exact) mass is 322 g/mol. The minimum Gasteiger partial charge on any atom is -0.385 e. The number of halogens is 1. The third kappa shape index (κ3) is 4.48. The maximum atomic E-state index is 12.3. The van der Waals surface area contributed by atoms with Crippen LogP contribution in [0.4, 0.5) is 5.69 Å². The van der Waals surface area contributed by atoms with Gasteiger partial charge in [-0.05, 0) is 44.5 Å². The van der Waals surface area contributed by atoms with Gasteiger partial charge in [0.05, 0.1) is 9.90 Å². The number of thiophene rings is 1. The smallest absolute Gasteiger partial charge is 0.253 e. The molecule has 3 nitrogen and oxygen atoms in total. The number of anilines is 1. The lowest BCUT2D eigenvalue weighted by Crippen LogP contribution is -2.26. The zero-order valence-electron chi connectivity index (χ0n) is 12.2. The molecular weight excluding hydrogens is 304 g/mol. The van der Waals surface area contributed by atoms with Gasteiger partial charge in [0, 0.05) is 23.7 Å². The molecule has 1 heterocycles. The molecule has 0 bridgehead atoms. The molecule has 0 aliphatic carbocycles. The lowest BCUT2D eigenvalue weighted by Gasteiger charge is -2.12. The predicted octanol–water partition coefficient (Wildman–Crippen LogP) is 4.11. The van der Waals surface area contributed by atoms with E-state index in [1.165, 1.54) is 4.88 Å². The molecule has 0 fully saturated rings. The van der Waals surface area contributed by atoms with E-state index in [-0.39, 0.29) is 5.91 Å². The summed E-state index contributed by atoms with van der Waals surface area (Å²) in [5.74, 6) is -0.0442. The van der Waals surface area contributed by atoms with Crippen molar-refractivity contribution < 1.29 is 4.79 Å². The number of rotatable bonds is 6. The quantitative estimate of drug-likeness (QED) is 0.840. The van der Waals surface area contributed by atoms with Gasteiger partial charge < -0.3 is 10.6 Å². The Hall–Kier alpha value is -1.52. The fraction of sp³-hybridized carbons (Fsp3) is 0.312. The van der Waals surface area contributed by atoms with Crippen molar-refractivity contribution in [3.05, 3.63) is 50.7 Å². The van der Waals surface area contributed by atoms with Crippen LogP contribution in [0.15, 0.2) is 30.3 Å². The van der Waals surface area contributed by atoms with Crippen molar-refractivity contribution in [1.82, 2.24) is 5.32 Å². The number of benzene rings is 1. The lowest BCUT2D eigenvalue weighted by molar-refractivity contribution is 0.0955. The van der Waals surface area contributed by atoms with E-state index < -0.39 is 0 Å². The molecule has 2 aromatic rings. The van der Waals surface area contributed by atoms with Crippen molar-refractivity contribution in [3.63, 3.8) is 0 Å². The van der Waals surface area contributed by atoms with Crippen LogP contribution in [0.2, 0.25) is 4.34 Å². The topological polar surface area (TPSA) is 41.1 Å². The first kappa shape index (κ1) is 15.9. The number of nitrogens with one attached hydrogen (secondary N) is 2. The number of carbonyl (C=O) groups excluding carboxylic acids is 1. The average molecular weight is 323 g/mol. The minimum atomic E-state index is -0.0442. The van der Waals surface area contributed by atoms with E-state index in [1.807, 2.05) is 44.2 Å². The molecule has 0 saturated carbocycles. The second-order valence-electron chi connectivity index (χ2n) is 4.79. The summed E-state index contributed by atoms with van der Waals surface area (Å²) in [4.78, 5) is 13.5. The van der Waals surface area contributed by atoms with Gasteiger partial charge in [-0.3, -0.25) is 4.79 Å². The van der Waals surface area contributed by atoms with Crippen molar-refractivity contribution in [2.75, 3.05) is 18.4 Å². The minimum absolute atomic E-state index is 0.0442. The van der Waals surface area contributed by atoms with Crippen LogP contribution in [0.1, 0.15) is 27.7 Å². The molecule has 1 aromatic carbocycles. The number of aryl methyl sites for hydroxylation is 1. The van der Waals surface area contributed by atoms with Gasteiger partial charge in [0.25, 0.3) is 5.91 Å². The standard InChI is InChI=1S/C16H19ClN2OS/c1-3-18-14-6-4-11(2)10-13(14)16(20)19-9-8-12-5-7-15(17)21-12/h4-7,10,18H,3,8-9H2,1-2H3,(H,19,20). The van der Waals surface area contributed by atoms with Crippen LogP contribution in [0, 0.1) is 6.92 Å². The molecule has 1 aromatic heterocycles. The van der Waals surface area contributed by atoms with Crippen LogP contribution in [-0.2, 0) is 6.42 Å². The molecular formula is C16H19ClN2OS. The molecule has 0 spiro atoms. The van der Waals surface area contributed by atoms with Gasteiger partial charge >= 0.3 is 0 Å². The Bertz CT molecular complexity index is 624. The van der Waals surface area contributed by atoms with Crippen LogP contribution in [0.25, 0.3) is 0 Å². The normalized spacial score (nSPS) is 10.4. The highest BCUT2D eigenvalue weighted by Gasteiger charge is 2.11. The van der Waals surface area contributed by atoms with E-state index in [9.17, 15) is 4.79 Å². The Balaban J connectivity index is 1.97. The molecule has 0 aliphatic rings. The maximum Gasteiger partial charge on any atom is 0.253 e. The summed E-state index contributed by atoms with van der Waals surface area (Å²) in [7, 11) is 0. The molecule has 2 N–H and O–H groups in total. The summed E-state index contributed by atoms with van der Waals surface area (Å²) in [6, 6.07) is 9.74. The van der Waals surface area contributed by atoms with Gasteiger partial charge in [-0.2, -0.15) is 0 Å². The zero-order valence-corrected chi connectivity index (χ0v) is 13.8. The molecule has 112 valence electrons. The second-order valence-corrected chi connectivity index (χ2v) is 6.59. The molecule has 2 rings (SSSR count). The third-order valence-electron chi connectivity index (χ3n) is 3.07. The molecule has 5 heteroatoms. The number of hydrogen-bond donors (Lipinski definition) is 2. The van der Waals surface area contributed by atoms with E-state index >= 15 is 0 Å². The number of hydrogen-bond acceptors (Lipinski definition) is 3. The highest BCUT2D eigenvalue weighted by atomic mass is 35.5. The summed E-state index contributed by atoms with van der Waals surface area (Å²) >= 11 is 7.44. The van der Waals surface area contributed by atoms with E-state index in [4.69, 9.17) is 11.6 Å². The average Bonchev–Trinajstić information content (AvgIpc) is 2.86. The maximum absolute atomic E-state index is 12.3. The Morgan fingerprint density at radius 1 is 1.29 bits per heavy atom. The molecule has 0 radical (unpaired) electrons. The van der Waals surface area contributed by atoms with Crippen molar-refractivity contribution >= 4 is 34.5 Å². The molecule has 0 atom stereocenters. The zero-order chi connectivity index (χ0) is 15.2. The molecule has 0 unspecified atom stereocenters. The van der Waals surface area contributed by atoms with E-state index in [0.717, 1.165) is 28.6 Å². The first-order valence-corrected chi connectivity index (χ1v) is 8.16. The summed E-state index contributed by atoms with van der Waals surface area (Å²) in [6.45, 7) is 5.40. The number of amides is 1. The Kier molecular flexibility index (Phi) is 5.65. The first-order chi connectivity index (χ1) is 10.1. The lowest BCUT2D eigenvalue weighted by atomic mass is 10.1.